The van der Waals surface area contributed by atoms with E-state index in [1.165, 1.54) is 64.6 Å². The third-order valence-electron chi connectivity index (χ3n) is 6.68. The predicted octanol–water partition coefficient (Wildman–Crippen LogP) is 1.92. The number of nitrogens with one attached hydrogen (secondary N) is 2. The van der Waals surface area contributed by atoms with Crippen molar-refractivity contribution in [2.24, 2.45) is 17.3 Å². The summed E-state index contributed by atoms with van der Waals surface area (Å²) < 4.78 is 6.34. The SMILES string of the molecule is C1CC2(C1)CCNCC2C1CNCCC12CCCO2. The molecule has 3 nitrogen and oxygen atoms in total. The van der Waals surface area contributed by atoms with Gasteiger partial charge in [0.2, 0.25) is 0 Å². The second kappa shape index (κ2) is 4.71. The van der Waals surface area contributed by atoms with Gasteiger partial charge in [-0.2, -0.15) is 0 Å². The molecule has 4 fully saturated rings. The molecule has 4 aliphatic rings. The Kier molecular flexibility index (Phi) is 3.13. The van der Waals surface area contributed by atoms with Crippen LogP contribution in [0.1, 0.15) is 44.9 Å². The molecule has 3 unspecified atom stereocenters. The van der Waals surface area contributed by atoms with Crippen molar-refractivity contribution in [2.45, 2.75) is 50.5 Å². The van der Waals surface area contributed by atoms with E-state index < -0.39 is 0 Å². The Morgan fingerprint density at radius 3 is 2.26 bits per heavy atom. The Hall–Kier alpha value is -0.120. The van der Waals surface area contributed by atoms with Gasteiger partial charge in [0.1, 0.15) is 0 Å². The van der Waals surface area contributed by atoms with Crippen LogP contribution < -0.4 is 10.6 Å². The van der Waals surface area contributed by atoms with Gasteiger partial charge in [-0.25, -0.2) is 0 Å². The maximum absolute atomic E-state index is 6.34. The summed E-state index contributed by atoms with van der Waals surface area (Å²) in [6.45, 7) is 5.82. The summed E-state index contributed by atoms with van der Waals surface area (Å²) in [5.74, 6) is 1.60. The lowest BCUT2D eigenvalue weighted by Gasteiger charge is -2.57. The summed E-state index contributed by atoms with van der Waals surface area (Å²) in [6, 6.07) is 0. The lowest BCUT2D eigenvalue weighted by atomic mass is 9.52. The van der Waals surface area contributed by atoms with Crippen LogP contribution in [-0.4, -0.2) is 38.4 Å². The zero-order valence-corrected chi connectivity index (χ0v) is 12.0. The maximum Gasteiger partial charge on any atom is 0.0738 e. The Morgan fingerprint density at radius 1 is 0.789 bits per heavy atom. The van der Waals surface area contributed by atoms with Crippen molar-refractivity contribution in [3.8, 4) is 0 Å². The largest absolute Gasteiger partial charge is 0.375 e. The molecule has 108 valence electrons. The number of hydrogen-bond donors (Lipinski definition) is 2. The zero-order chi connectivity index (χ0) is 12.8. The molecule has 0 amide bonds. The van der Waals surface area contributed by atoms with Gasteiger partial charge in [-0.3, -0.25) is 0 Å². The molecular weight excluding hydrogens is 236 g/mol. The van der Waals surface area contributed by atoms with Gasteiger partial charge in [-0.05, 0) is 69.5 Å². The Bertz CT molecular complexity index is 334. The van der Waals surface area contributed by atoms with Crippen LogP contribution in [0.2, 0.25) is 0 Å². The van der Waals surface area contributed by atoms with Crippen LogP contribution in [0.15, 0.2) is 0 Å². The Balaban J connectivity index is 1.61. The van der Waals surface area contributed by atoms with Gasteiger partial charge in [0.05, 0.1) is 5.60 Å². The lowest BCUT2D eigenvalue weighted by molar-refractivity contribution is -0.126. The van der Waals surface area contributed by atoms with Crippen LogP contribution in [0, 0.1) is 17.3 Å². The second-order valence-corrected chi connectivity index (χ2v) is 7.35. The predicted molar refractivity (Wildman–Crippen MR) is 76.2 cm³/mol. The van der Waals surface area contributed by atoms with Gasteiger partial charge < -0.3 is 15.4 Å². The van der Waals surface area contributed by atoms with Crippen molar-refractivity contribution in [1.82, 2.24) is 10.6 Å². The smallest absolute Gasteiger partial charge is 0.0738 e. The molecule has 2 spiro atoms. The standard InChI is InChI=1S/C16H28N2O/c1-3-15(4-1)6-8-17-11-13(15)14-12-18-9-7-16(14)5-2-10-19-16/h13-14,17-18H,1-12H2. The van der Waals surface area contributed by atoms with E-state index in [1.807, 2.05) is 0 Å². The van der Waals surface area contributed by atoms with Crippen LogP contribution in [-0.2, 0) is 4.74 Å². The van der Waals surface area contributed by atoms with E-state index in [2.05, 4.69) is 10.6 Å². The molecule has 2 N–H and O–H groups in total. The highest BCUT2D eigenvalue weighted by molar-refractivity contribution is 5.07. The molecule has 3 heterocycles. The molecule has 0 aromatic rings. The second-order valence-electron chi connectivity index (χ2n) is 7.35. The van der Waals surface area contributed by atoms with Crippen LogP contribution >= 0.6 is 0 Å². The van der Waals surface area contributed by atoms with Crippen LogP contribution in [0.4, 0.5) is 0 Å². The molecule has 3 atom stereocenters. The van der Waals surface area contributed by atoms with Crippen molar-refractivity contribution in [3.63, 3.8) is 0 Å². The van der Waals surface area contributed by atoms with E-state index in [0.29, 0.717) is 5.41 Å². The van der Waals surface area contributed by atoms with E-state index >= 15 is 0 Å². The van der Waals surface area contributed by atoms with Crippen LogP contribution in [0.3, 0.4) is 0 Å². The van der Waals surface area contributed by atoms with Crippen molar-refractivity contribution < 1.29 is 4.74 Å². The highest BCUT2D eigenvalue weighted by Crippen LogP contribution is 2.56. The van der Waals surface area contributed by atoms with Crippen LogP contribution in [0.5, 0.6) is 0 Å². The minimum Gasteiger partial charge on any atom is -0.375 e. The summed E-state index contributed by atoms with van der Waals surface area (Å²) in [5.41, 5.74) is 0.908. The molecule has 1 saturated carbocycles. The van der Waals surface area contributed by atoms with Gasteiger partial charge in [0.25, 0.3) is 0 Å². The molecule has 4 rings (SSSR count). The zero-order valence-electron chi connectivity index (χ0n) is 12.0. The summed E-state index contributed by atoms with van der Waals surface area (Å²) in [4.78, 5) is 0. The fourth-order valence-corrected chi connectivity index (χ4v) is 5.46. The first-order chi connectivity index (χ1) is 9.35. The Morgan fingerprint density at radius 2 is 1.58 bits per heavy atom. The third kappa shape index (κ3) is 1.89. The first kappa shape index (κ1) is 12.6. The number of hydrogen-bond acceptors (Lipinski definition) is 3. The number of ether oxygens (including phenoxy) is 1. The lowest BCUT2D eigenvalue weighted by Crippen LogP contribution is -2.61. The average Bonchev–Trinajstić information content (AvgIpc) is 2.86. The van der Waals surface area contributed by atoms with Gasteiger partial charge in [-0.15, -0.1) is 0 Å². The molecule has 0 radical (unpaired) electrons. The normalized spacial score (nSPS) is 45.5. The van der Waals surface area contributed by atoms with Crippen molar-refractivity contribution in [2.75, 3.05) is 32.8 Å². The Labute approximate surface area is 116 Å². The number of rotatable bonds is 1. The van der Waals surface area contributed by atoms with E-state index in [0.717, 1.165) is 25.0 Å². The van der Waals surface area contributed by atoms with Crippen molar-refractivity contribution in [3.05, 3.63) is 0 Å². The molecule has 3 heteroatoms. The molecule has 1 aliphatic carbocycles. The summed E-state index contributed by atoms with van der Waals surface area (Å²) in [6.07, 6.45) is 9.66. The van der Waals surface area contributed by atoms with E-state index in [-0.39, 0.29) is 5.60 Å². The number of piperidine rings is 2. The minimum absolute atomic E-state index is 0.234. The fraction of sp³-hybridized carbons (Fsp3) is 1.00. The van der Waals surface area contributed by atoms with Gasteiger partial charge >= 0.3 is 0 Å². The molecule has 19 heavy (non-hydrogen) atoms. The first-order valence-corrected chi connectivity index (χ1v) is 8.40. The van der Waals surface area contributed by atoms with Gasteiger partial charge in [-0.1, -0.05) is 6.42 Å². The van der Waals surface area contributed by atoms with Crippen LogP contribution in [0.25, 0.3) is 0 Å². The van der Waals surface area contributed by atoms with E-state index in [9.17, 15) is 0 Å². The van der Waals surface area contributed by atoms with E-state index in [1.54, 1.807) is 0 Å². The molecule has 3 aliphatic heterocycles. The summed E-state index contributed by atoms with van der Waals surface area (Å²) in [5, 5.41) is 7.34. The fourth-order valence-electron chi connectivity index (χ4n) is 5.46. The minimum atomic E-state index is 0.234. The summed E-state index contributed by atoms with van der Waals surface area (Å²) >= 11 is 0. The quantitative estimate of drug-likeness (QED) is 0.759. The summed E-state index contributed by atoms with van der Waals surface area (Å²) in [7, 11) is 0. The highest BCUT2D eigenvalue weighted by Gasteiger charge is 2.55. The van der Waals surface area contributed by atoms with E-state index in [4.69, 9.17) is 4.74 Å². The molecule has 0 aromatic heterocycles. The van der Waals surface area contributed by atoms with Crippen molar-refractivity contribution >= 4 is 0 Å². The van der Waals surface area contributed by atoms with Crippen molar-refractivity contribution in [1.29, 1.82) is 0 Å². The molecule has 0 bridgehead atoms. The van der Waals surface area contributed by atoms with Gasteiger partial charge in [0, 0.05) is 19.1 Å². The molecule has 0 aromatic carbocycles. The molecule has 3 saturated heterocycles. The highest BCUT2D eigenvalue weighted by atomic mass is 16.5. The monoisotopic (exact) mass is 264 g/mol. The topological polar surface area (TPSA) is 33.3 Å². The first-order valence-electron chi connectivity index (χ1n) is 8.40. The maximum atomic E-state index is 6.34. The van der Waals surface area contributed by atoms with Gasteiger partial charge in [0.15, 0.2) is 0 Å². The molecular formula is C16H28N2O. The third-order valence-corrected chi connectivity index (χ3v) is 6.68. The average molecular weight is 264 g/mol.